The van der Waals surface area contributed by atoms with Crippen LogP contribution in [0.2, 0.25) is 0 Å². The molecule has 0 spiro atoms. The summed E-state index contributed by atoms with van der Waals surface area (Å²) in [4.78, 5) is 0. The van der Waals surface area contributed by atoms with Gasteiger partial charge >= 0.3 is 0 Å². The largest absolute Gasteiger partial charge is 0.308 e. The van der Waals surface area contributed by atoms with Crippen molar-refractivity contribution in [3.8, 4) is 0 Å². The first-order valence-electron chi connectivity index (χ1n) is 6.72. The van der Waals surface area contributed by atoms with Crippen molar-refractivity contribution in [1.29, 1.82) is 0 Å². The zero-order valence-corrected chi connectivity index (χ0v) is 12.6. The summed E-state index contributed by atoms with van der Waals surface area (Å²) in [6, 6.07) is 7.87. The monoisotopic (exact) mass is 282 g/mol. The molecule has 1 heterocycles. The van der Waals surface area contributed by atoms with Gasteiger partial charge in [-0.3, -0.25) is 4.31 Å². The van der Waals surface area contributed by atoms with Crippen LogP contribution in [0.1, 0.15) is 26.3 Å². The average Bonchev–Trinajstić information content (AvgIpc) is 2.48. The predicted octanol–water partition coefficient (Wildman–Crippen LogP) is 1.97. The highest BCUT2D eigenvalue weighted by molar-refractivity contribution is 7.92. The molecule has 2 rings (SSSR count). The minimum Gasteiger partial charge on any atom is -0.308 e. The van der Waals surface area contributed by atoms with Crippen molar-refractivity contribution in [3.05, 3.63) is 29.8 Å². The van der Waals surface area contributed by atoms with E-state index in [1.807, 2.05) is 45.0 Å². The molecule has 0 saturated heterocycles. The van der Waals surface area contributed by atoms with Gasteiger partial charge in [-0.15, -0.1) is 0 Å². The van der Waals surface area contributed by atoms with E-state index >= 15 is 0 Å². The Morgan fingerprint density at radius 2 is 2.05 bits per heavy atom. The van der Waals surface area contributed by atoms with Crippen molar-refractivity contribution in [2.24, 2.45) is 5.92 Å². The van der Waals surface area contributed by atoms with E-state index in [-0.39, 0.29) is 17.7 Å². The predicted molar refractivity (Wildman–Crippen MR) is 78.7 cm³/mol. The van der Waals surface area contributed by atoms with Crippen LogP contribution in [0.5, 0.6) is 0 Å². The van der Waals surface area contributed by atoms with Crippen LogP contribution >= 0.6 is 0 Å². The SMILES string of the molecule is CC(C)CS(=O)(=O)N1CC(C)NCc2ccccc21. The second kappa shape index (κ2) is 5.51. The van der Waals surface area contributed by atoms with Gasteiger partial charge in [-0.1, -0.05) is 32.0 Å². The van der Waals surface area contributed by atoms with E-state index in [0.717, 1.165) is 11.3 Å². The maximum absolute atomic E-state index is 12.6. The molecular weight excluding hydrogens is 260 g/mol. The number of hydrogen-bond acceptors (Lipinski definition) is 3. The van der Waals surface area contributed by atoms with Crippen molar-refractivity contribution in [2.45, 2.75) is 33.4 Å². The summed E-state index contributed by atoms with van der Waals surface area (Å²) < 4.78 is 26.7. The molecule has 1 N–H and O–H groups in total. The van der Waals surface area contributed by atoms with E-state index in [0.29, 0.717) is 13.1 Å². The lowest BCUT2D eigenvalue weighted by atomic mass is 10.2. The number of hydrogen-bond donors (Lipinski definition) is 1. The number of fused-ring (bicyclic) bond motifs is 1. The number of sulfonamides is 1. The molecule has 0 saturated carbocycles. The van der Waals surface area contributed by atoms with Crippen molar-refractivity contribution in [2.75, 3.05) is 16.6 Å². The molecule has 106 valence electrons. The van der Waals surface area contributed by atoms with E-state index in [9.17, 15) is 8.42 Å². The summed E-state index contributed by atoms with van der Waals surface area (Å²) in [5, 5.41) is 3.35. The van der Waals surface area contributed by atoms with E-state index in [4.69, 9.17) is 0 Å². The summed E-state index contributed by atoms with van der Waals surface area (Å²) in [6.07, 6.45) is 0. The Hall–Kier alpha value is -1.07. The van der Waals surface area contributed by atoms with E-state index in [2.05, 4.69) is 5.32 Å². The summed E-state index contributed by atoms with van der Waals surface area (Å²) in [5.74, 6) is 0.317. The number of nitrogens with one attached hydrogen (secondary N) is 1. The molecule has 1 aliphatic rings. The van der Waals surface area contributed by atoms with Crippen LogP contribution in [0.15, 0.2) is 24.3 Å². The summed E-state index contributed by atoms with van der Waals surface area (Å²) in [5.41, 5.74) is 1.86. The fourth-order valence-corrected chi connectivity index (χ4v) is 4.33. The molecule has 0 fully saturated rings. The van der Waals surface area contributed by atoms with Crippen molar-refractivity contribution < 1.29 is 8.42 Å². The van der Waals surface area contributed by atoms with Crippen LogP contribution < -0.4 is 9.62 Å². The number of nitrogens with zero attached hydrogens (tertiary/aromatic N) is 1. The minimum absolute atomic E-state index is 0.128. The van der Waals surface area contributed by atoms with Gasteiger partial charge in [0, 0.05) is 19.1 Å². The lowest BCUT2D eigenvalue weighted by Gasteiger charge is -2.26. The van der Waals surface area contributed by atoms with Crippen molar-refractivity contribution in [1.82, 2.24) is 5.32 Å². The van der Waals surface area contributed by atoms with Crippen molar-refractivity contribution >= 4 is 15.7 Å². The van der Waals surface area contributed by atoms with Crippen LogP contribution in [0.3, 0.4) is 0 Å². The Morgan fingerprint density at radius 3 is 2.74 bits per heavy atom. The van der Waals surface area contributed by atoms with Crippen molar-refractivity contribution in [3.63, 3.8) is 0 Å². The third-order valence-corrected chi connectivity index (χ3v) is 5.33. The maximum atomic E-state index is 12.6. The molecule has 5 heteroatoms. The third kappa shape index (κ3) is 3.28. The molecule has 1 aromatic rings. The molecule has 19 heavy (non-hydrogen) atoms. The average molecular weight is 282 g/mol. The van der Waals surface area contributed by atoms with Crippen LogP contribution in [0.25, 0.3) is 0 Å². The van der Waals surface area contributed by atoms with Gasteiger partial charge in [-0.05, 0) is 24.5 Å². The van der Waals surface area contributed by atoms with Gasteiger partial charge in [0.2, 0.25) is 10.0 Å². The Morgan fingerprint density at radius 1 is 1.37 bits per heavy atom. The fraction of sp³-hybridized carbons (Fsp3) is 0.571. The smallest absolute Gasteiger partial charge is 0.235 e. The van der Waals surface area contributed by atoms with Gasteiger partial charge in [0.1, 0.15) is 0 Å². The Kier molecular flexibility index (Phi) is 4.16. The van der Waals surface area contributed by atoms with Gasteiger partial charge in [-0.25, -0.2) is 8.42 Å². The van der Waals surface area contributed by atoms with E-state index < -0.39 is 10.0 Å². The first kappa shape index (κ1) is 14.3. The summed E-state index contributed by atoms with van der Waals surface area (Å²) in [6.45, 7) is 7.09. The first-order valence-corrected chi connectivity index (χ1v) is 8.33. The molecule has 0 aromatic heterocycles. The lowest BCUT2D eigenvalue weighted by molar-refractivity contribution is 0.550. The number of para-hydroxylation sites is 1. The summed E-state index contributed by atoms with van der Waals surface area (Å²) >= 11 is 0. The molecule has 0 radical (unpaired) electrons. The topological polar surface area (TPSA) is 49.4 Å². The zero-order chi connectivity index (χ0) is 14.0. The van der Waals surface area contributed by atoms with Crippen LogP contribution in [0.4, 0.5) is 5.69 Å². The normalized spacial score (nSPS) is 20.2. The molecule has 1 aliphatic heterocycles. The molecule has 1 atom stereocenters. The number of benzene rings is 1. The van der Waals surface area contributed by atoms with E-state index in [1.165, 1.54) is 0 Å². The van der Waals surface area contributed by atoms with Gasteiger partial charge in [0.25, 0.3) is 0 Å². The Bertz CT molecular complexity index is 540. The molecule has 1 unspecified atom stereocenters. The van der Waals surface area contributed by atoms with Gasteiger partial charge in [0.15, 0.2) is 0 Å². The molecule has 0 amide bonds. The second-order valence-electron chi connectivity index (χ2n) is 5.61. The quantitative estimate of drug-likeness (QED) is 0.922. The minimum atomic E-state index is -3.26. The lowest BCUT2D eigenvalue weighted by Crippen LogP contribution is -2.41. The van der Waals surface area contributed by atoms with Crippen LogP contribution in [-0.2, 0) is 16.6 Å². The Labute approximate surface area is 115 Å². The molecule has 0 aliphatic carbocycles. The fourth-order valence-electron chi connectivity index (χ4n) is 2.37. The van der Waals surface area contributed by atoms with E-state index in [1.54, 1.807) is 4.31 Å². The molecule has 1 aromatic carbocycles. The van der Waals surface area contributed by atoms with Crippen LogP contribution in [-0.4, -0.2) is 26.8 Å². The number of anilines is 1. The molecular formula is C14H22N2O2S. The maximum Gasteiger partial charge on any atom is 0.235 e. The van der Waals surface area contributed by atoms with Gasteiger partial charge in [-0.2, -0.15) is 0 Å². The molecule has 0 bridgehead atoms. The standard InChI is InChI=1S/C14H22N2O2S/c1-11(2)10-19(17,18)16-9-12(3)15-8-13-6-4-5-7-14(13)16/h4-7,11-12,15H,8-10H2,1-3H3. The summed E-state index contributed by atoms with van der Waals surface area (Å²) in [7, 11) is -3.26. The van der Waals surface area contributed by atoms with Gasteiger partial charge in [0.05, 0.1) is 11.4 Å². The first-order chi connectivity index (χ1) is 8.90. The highest BCUT2D eigenvalue weighted by Gasteiger charge is 2.28. The van der Waals surface area contributed by atoms with Gasteiger partial charge < -0.3 is 5.32 Å². The highest BCUT2D eigenvalue weighted by Crippen LogP contribution is 2.26. The van der Waals surface area contributed by atoms with Crippen LogP contribution in [0, 0.1) is 5.92 Å². The third-order valence-electron chi connectivity index (χ3n) is 3.22. The highest BCUT2D eigenvalue weighted by atomic mass is 32.2. The zero-order valence-electron chi connectivity index (χ0n) is 11.8. The Balaban J connectivity index is 2.43. The number of rotatable bonds is 3. The molecule has 4 nitrogen and oxygen atoms in total. The second-order valence-corrected chi connectivity index (χ2v) is 7.55.